The van der Waals surface area contributed by atoms with E-state index in [2.05, 4.69) is 77.6 Å². The van der Waals surface area contributed by atoms with E-state index in [9.17, 15) is 0 Å². The van der Waals surface area contributed by atoms with Gasteiger partial charge in [0.1, 0.15) is 0 Å². The Morgan fingerprint density at radius 1 is 1.23 bits per heavy atom. The van der Waals surface area contributed by atoms with Gasteiger partial charge < -0.3 is 20.4 Å². The molecule has 1 heterocycles. The van der Waals surface area contributed by atoms with Crippen molar-refractivity contribution in [2.24, 2.45) is 4.99 Å². The van der Waals surface area contributed by atoms with Crippen LogP contribution in [-0.2, 0) is 13.1 Å². The number of halogens is 1. The summed E-state index contributed by atoms with van der Waals surface area (Å²) >= 11 is 0. The van der Waals surface area contributed by atoms with E-state index < -0.39 is 0 Å². The van der Waals surface area contributed by atoms with Gasteiger partial charge in [-0.15, -0.1) is 24.0 Å². The molecule has 1 aromatic rings. The van der Waals surface area contributed by atoms with Crippen molar-refractivity contribution in [3.63, 3.8) is 0 Å². The second-order valence-corrected chi connectivity index (χ2v) is 7.53. The van der Waals surface area contributed by atoms with Crippen molar-refractivity contribution < 1.29 is 0 Å². The van der Waals surface area contributed by atoms with Gasteiger partial charge in [-0.25, -0.2) is 0 Å². The third kappa shape index (κ3) is 7.80. The number of piperidine rings is 1. The van der Waals surface area contributed by atoms with Crippen LogP contribution in [0.1, 0.15) is 37.8 Å². The molecular weight excluding hydrogens is 437 g/mol. The van der Waals surface area contributed by atoms with E-state index in [-0.39, 0.29) is 24.0 Å². The van der Waals surface area contributed by atoms with Crippen molar-refractivity contribution in [3.05, 3.63) is 35.4 Å². The minimum absolute atomic E-state index is 0. The summed E-state index contributed by atoms with van der Waals surface area (Å²) in [4.78, 5) is 9.13. The summed E-state index contributed by atoms with van der Waals surface area (Å²) in [6.07, 6.45) is 2.36. The lowest BCUT2D eigenvalue weighted by Crippen LogP contribution is -2.49. The van der Waals surface area contributed by atoms with E-state index in [1.165, 1.54) is 37.1 Å². The van der Waals surface area contributed by atoms with Crippen LogP contribution < -0.4 is 10.6 Å². The molecule has 2 rings (SSSR count). The number of aliphatic imine (C=N–C) groups is 1. The van der Waals surface area contributed by atoms with E-state index in [0.717, 1.165) is 19.0 Å². The molecule has 1 fully saturated rings. The lowest BCUT2D eigenvalue weighted by atomic mass is 10.0. The van der Waals surface area contributed by atoms with Crippen LogP contribution in [0.3, 0.4) is 0 Å². The number of benzene rings is 1. The quantitative estimate of drug-likeness (QED) is 0.379. The van der Waals surface area contributed by atoms with Crippen molar-refractivity contribution in [1.29, 1.82) is 0 Å². The number of nitrogens with one attached hydrogen (secondary N) is 2. The van der Waals surface area contributed by atoms with Crippen LogP contribution in [0.15, 0.2) is 29.3 Å². The van der Waals surface area contributed by atoms with Crippen molar-refractivity contribution in [3.8, 4) is 0 Å². The van der Waals surface area contributed by atoms with Gasteiger partial charge in [0.2, 0.25) is 0 Å². The first-order valence-corrected chi connectivity index (χ1v) is 9.41. The Balaban J connectivity index is 0.00000338. The molecule has 0 aliphatic carbocycles. The van der Waals surface area contributed by atoms with Gasteiger partial charge in [-0.3, -0.25) is 4.99 Å². The smallest absolute Gasteiger partial charge is 0.191 e. The maximum atomic E-state index is 4.39. The number of hydrogen-bond acceptors (Lipinski definition) is 3. The zero-order chi connectivity index (χ0) is 18.2. The maximum absolute atomic E-state index is 4.39. The zero-order valence-electron chi connectivity index (χ0n) is 17.0. The second-order valence-electron chi connectivity index (χ2n) is 7.53. The molecule has 1 aliphatic heterocycles. The molecule has 1 aromatic carbocycles. The topological polar surface area (TPSA) is 42.9 Å². The van der Waals surface area contributed by atoms with Crippen LogP contribution in [0.4, 0.5) is 0 Å². The number of nitrogens with zero attached hydrogens (tertiary/aromatic N) is 3. The first-order valence-electron chi connectivity index (χ1n) is 9.41. The molecular formula is C20H36IN5. The average Bonchev–Trinajstić information content (AvgIpc) is 2.58. The molecule has 0 radical (unpaired) electrons. The molecule has 0 atom stereocenters. The fraction of sp³-hybridized carbons (Fsp3) is 0.650. The van der Waals surface area contributed by atoms with Gasteiger partial charge in [0, 0.05) is 45.3 Å². The monoisotopic (exact) mass is 473 g/mol. The summed E-state index contributed by atoms with van der Waals surface area (Å²) in [5.74, 6) is 0.904. The van der Waals surface area contributed by atoms with E-state index in [1.54, 1.807) is 0 Å². The first-order chi connectivity index (χ1) is 12.0. The van der Waals surface area contributed by atoms with Crippen LogP contribution >= 0.6 is 24.0 Å². The summed E-state index contributed by atoms with van der Waals surface area (Å²) < 4.78 is 0. The van der Waals surface area contributed by atoms with Gasteiger partial charge in [-0.1, -0.05) is 24.3 Å². The Bertz CT molecular complexity index is 551. The highest BCUT2D eigenvalue weighted by molar-refractivity contribution is 14.0. The van der Waals surface area contributed by atoms with Gasteiger partial charge >= 0.3 is 0 Å². The molecule has 0 unspecified atom stereocenters. The number of rotatable bonds is 6. The molecule has 148 valence electrons. The van der Waals surface area contributed by atoms with Gasteiger partial charge in [-0.2, -0.15) is 0 Å². The Morgan fingerprint density at radius 3 is 2.46 bits per heavy atom. The van der Waals surface area contributed by atoms with E-state index in [0.29, 0.717) is 12.1 Å². The molecule has 1 saturated heterocycles. The van der Waals surface area contributed by atoms with Crippen LogP contribution in [0.2, 0.25) is 0 Å². The first kappa shape index (κ1) is 23.2. The lowest BCUT2D eigenvalue weighted by Gasteiger charge is -2.35. The predicted octanol–water partition coefficient (Wildman–Crippen LogP) is 2.90. The number of hydrogen-bond donors (Lipinski definition) is 2. The normalized spacial score (nSPS) is 16.7. The molecule has 26 heavy (non-hydrogen) atoms. The van der Waals surface area contributed by atoms with E-state index in [1.807, 2.05) is 7.05 Å². The Labute approximate surface area is 176 Å². The van der Waals surface area contributed by atoms with Crippen LogP contribution in [0.5, 0.6) is 0 Å². The highest BCUT2D eigenvalue weighted by Crippen LogP contribution is 2.13. The second kappa shape index (κ2) is 11.8. The predicted molar refractivity (Wildman–Crippen MR) is 122 cm³/mol. The minimum atomic E-state index is 0. The van der Waals surface area contributed by atoms with Crippen molar-refractivity contribution in [2.75, 3.05) is 34.2 Å². The SMILES string of the molecule is CN=C(NCc1cccc(CN(C)C)c1)NC1CCN(C(C)C)CC1.I. The van der Waals surface area contributed by atoms with Crippen LogP contribution in [0.25, 0.3) is 0 Å². The number of guanidine groups is 1. The van der Waals surface area contributed by atoms with Crippen molar-refractivity contribution in [1.82, 2.24) is 20.4 Å². The molecule has 1 aliphatic rings. The van der Waals surface area contributed by atoms with Crippen LogP contribution in [0, 0.1) is 0 Å². The largest absolute Gasteiger partial charge is 0.354 e. The Hall–Kier alpha value is -0.860. The van der Waals surface area contributed by atoms with Gasteiger partial charge in [-0.05, 0) is 51.9 Å². The summed E-state index contributed by atoms with van der Waals surface area (Å²) in [7, 11) is 6.05. The standard InChI is InChI=1S/C20H35N5.HI/c1-16(2)25-11-9-19(10-12-25)23-20(21-3)22-14-17-7-6-8-18(13-17)15-24(4)5;/h6-8,13,16,19H,9-12,14-15H2,1-5H3,(H2,21,22,23);1H. The lowest BCUT2D eigenvalue weighted by molar-refractivity contribution is 0.167. The van der Waals surface area contributed by atoms with Gasteiger partial charge in [0.15, 0.2) is 5.96 Å². The fourth-order valence-electron chi connectivity index (χ4n) is 3.34. The minimum Gasteiger partial charge on any atom is -0.354 e. The molecule has 2 N–H and O–H groups in total. The Morgan fingerprint density at radius 2 is 1.88 bits per heavy atom. The van der Waals surface area contributed by atoms with Crippen LogP contribution in [-0.4, -0.2) is 62.1 Å². The summed E-state index contributed by atoms with van der Waals surface area (Å²) in [5.41, 5.74) is 2.63. The summed E-state index contributed by atoms with van der Waals surface area (Å²) in [6, 6.07) is 9.91. The zero-order valence-corrected chi connectivity index (χ0v) is 19.3. The average molecular weight is 473 g/mol. The number of likely N-dealkylation sites (tertiary alicyclic amines) is 1. The maximum Gasteiger partial charge on any atom is 0.191 e. The molecule has 6 heteroatoms. The highest BCUT2D eigenvalue weighted by Gasteiger charge is 2.21. The molecule has 0 spiro atoms. The highest BCUT2D eigenvalue weighted by atomic mass is 127. The van der Waals surface area contributed by atoms with Gasteiger partial charge in [0.25, 0.3) is 0 Å². The van der Waals surface area contributed by atoms with E-state index >= 15 is 0 Å². The molecule has 5 nitrogen and oxygen atoms in total. The van der Waals surface area contributed by atoms with Crippen molar-refractivity contribution in [2.45, 2.75) is 51.9 Å². The third-order valence-electron chi connectivity index (χ3n) is 4.77. The van der Waals surface area contributed by atoms with Gasteiger partial charge in [0.05, 0.1) is 0 Å². The Kier molecular flexibility index (Phi) is 10.5. The fourth-order valence-corrected chi connectivity index (χ4v) is 3.34. The van der Waals surface area contributed by atoms with E-state index in [4.69, 9.17) is 0 Å². The summed E-state index contributed by atoms with van der Waals surface area (Å²) in [6.45, 7) is 8.65. The molecule has 0 amide bonds. The molecule has 0 aromatic heterocycles. The summed E-state index contributed by atoms with van der Waals surface area (Å²) in [5, 5.41) is 7.05. The molecule has 0 saturated carbocycles. The third-order valence-corrected chi connectivity index (χ3v) is 4.77. The molecule has 0 bridgehead atoms. The van der Waals surface area contributed by atoms with Crippen molar-refractivity contribution >= 4 is 29.9 Å².